The molecule has 2 aromatic rings. The molecular weight excluding hydrogens is 288 g/mol. The molecule has 0 saturated heterocycles. The van der Waals surface area contributed by atoms with Crippen molar-refractivity contribution >= 4 is 27.3 Å². The fourth-order valence-electron chi connectivity index (χ4n) is 1.61. The highest BCUT2D eigenvalue weighted by molar-refractivity contribution is 7.89. The second kappa shape index (κ2) is 5.20. The maximum Gasteiger partial charge on any atom is 0.243 e. The number of nitrogens with two attached hydrogens (primary N) is 1. The predicted octanol–water partition coefficient (Wildman–Crippen LogP) is 1.68. The van der Waals surface area contributed by atoms with Crippen LogP contribution in [0.25, 0.3) is 0 Å². The van der Waals surface area contributed by atoms with Crippen molar-refractivity contribution in [1.82, 2.24) is 14.7 Å². The Balaban J connectivity index is 2.30. The molecule has 0 aliphatic carbocycles. The van der Waals surface area contributed by atoms with Gasteiger partial charge in [-0.2, -0.15) is 0 Å². The topological polar surface area (TPSA) is 101 Å². The molecule has 8 heteroatoms. The Bertz CT molecular complexity index is 670. The average Bonchev–Trinajstić information content (AvgIpc) is 2.85. The molecule has 0 aliphatic rings. The summed E-state index contributed by atoms with van der Waals surface area (Å²) in [6.07, 6.45) is 3.17. The molecule has 1 aromatic heterocycles. The van der Waals surface area contributed by atoms with E-state index < -0.39 is 16.1 Å². The van der Waals surface area contributed by atoms with Gasteiger partial charge in [0.25, 0.3) is 0 Å². The fourth-order valence-corrected chi connectivity index (χ4v) is 3.21. The number of nitrogens with one attached hydrogen (secondary N) is 2. The Morgan fingerprint density at radius 1 is 1.47 bits per heavy atom. The summed E-state index contributed by atoms with van der Waals surface area (Å²) >= 11 is 5.79. The van der Waals surface area contributed by atoms with Crippen molar-refractivity contribution in [3.8, 4) is 0 Å². The van der Waals surface area contributed by atoms with Crippen LogP contribution in [0.3, 0.4) is 0 Å². The number of imidazole rings is 1. The van der Waals surface area contributed by atoms with Gasteiger partial charge in [0.05, 0.1) is 11.7 Å². The van der Waals surface area contributed by atoms with E-state index in [-0.39, 0.29) is 10.6 Å². The summed E-state index contributed by atoms with van der Waals surface area (Å²) in [5, 5.41) is 0.306. The standard InChI is InChI=1S/C11H13ClN4O2S/c1-7(11-14-4-5-15-11)16-19(17,18)10-6-8(12)2-3-9(10)13/h2-7,16H,13H2,1H3,(H,14,15). The van der Waals surface area contributed by atoms with Gasteiger partial charge >= 0.3 is 0 Å². The third-order valence-corrected chi connectivity index (χ3v) is 4.36. The summed E-state index contributed by atoms with van der Waals surface area (Å²) in [5.41, 5.74) is 5.81. The fraction of sp³-hybridized carbons (Fsp3) is 0.182. The first-order valence-electron chi connectivity index (χ1n) is 5.47. The summed E-state index contributed by atoms with van der Waals surface area (Å²) in [5.74, 6) is 0.518. The van der Waals surface area contributed by atoms with Crippen LogP contribution in [0.2, 0.25) is 5.02 Å². The second-order valence-corrected chi connectivity index (χ2v) is 6.12. The van der Waals surface area contributed by atoms with Gasteiger partial charge in [-0.1, -0.05) is 11.6 Å². The van der Waals surface area contributed by atoms with Gasteiger partial charge in [-0.25, -0.2) is 18.1 Å². The van der Waals surface area contributed by atoms with Crippen LogP contribution in [0, 0.1) is 0 Å². The molecule has 0 spiro atoms. The van der Waals surface area contributed by atoms with E-state index >= 15 is 0 Å². The summed E-state index contributed by atoms with van der Waals surface area (Å²) in [7, 11) is -3.76. The molecule has 0 aliphatic heterocycles. The molecule has 0 fully saturated rings. The summed E-state index contributed by atoms with van der Waals surface area (Å²) in [6.45, 7) is 1.68. The van der Waals surface area contributed by atoms with E-state index in [2.05, 4.69) is 14.7 Å². The van der Waals surface area contributed by atoms with Crippen LogP contribution < -0.4 is 10.5 Å². The zero-order chi connectivity index (χ0) is 14.0. The molecule has 1 aromatic carbocycles. The maximum absolute atomic E-state index is 12.2. The lowest BCUT2D eigenvalue weighted by atomic mass is 10.3. The molecule has 2 rings (SSSR count). The van der Waals surface area contributed by atoms with Gasteiger partial charge in [-0.3, -0.25) is 0 Å². The van der Waals surface area contributed by atoms with Crippen LogP contribution in [-0.4, -0.2) is 18.4 Å². The zero-order valence-electron chi connectivity index (χ0n) is 10.1. The van der Waals surface area contributed by atoms with E-state index in [1.165, 1.54) is 18.2 Å². The van der Waals surface area contributed by atoms with Crippen molar-refractivity contribution in [2.45, 2.75) is 17.9 Å². The van der Waals surface area contributed by atoms with Gasteiger partial charge in [0.1, 0.15) is 10.7 Å². The molecule has 0 bridgehead atoms. The number of aromatic nitrogens is 2. The predicted molar refractivity (Wildman–Crippen MR) is 73.2 cm³/mol. The van der Waals surface area contributed by atoms with Crippen LogP contribution in [0.15, 0.2) is 35.5 Å². The number of aromatic amines is 1. The lowest BCUT2D eigenvalue weighted by Crippen LogP contribution is -2.28. The quantitative estimate of drug-likeness (QED) is 0.748. The Kier molecular flexibility index (Phi) is 3.79. The first kappa shape index (κ1) is 13.9. The Labute approximate surface area is 116 Å². The molecule has 4 N–H and O–H groups in total. The minimum Gasteiger partial charge on any atom is -0.398 e. The summed E-state index contributed by atoms with van der Waals surface area (Å²) in [4.78, 5) is 6.79. The maximum atomic E-state index is 12.2. The highest BCUT2D eigenvalue weighted by atomic mass is 35.5. The molecule has 6 nitrogen and oxygen atoms in total. The van der Waals surface area contributed by atoms with Crippen LogP contribution in [-0.2, 0) is 10.0 Å². The van der Waals surface area contributed by atoms with Crippen molar-refractivity contribution in [2.75, 3.05) is 5.73 Å². The average molecular weight is 301 g/mol. The van der Waals surface area contributed by atoms with Crippen molar-refractivity contribution < 1.29 is 8.42 Å². The zero-order valence-corrected chi connectivity index (χ0v) is 11.7. The number of anilines is 1. The highest BCUT2D eigenvalue weighted by Gasteiger charge is 2.22. The highest BCUT2D eigenvalue weighted by Crippen LogP contribution is 2.23. The molecule has 0 radical (unpaired) electrons. The molecule has 1 unspecified atom stereocenters. The summed E-state index contributed by atoms with van der Waals surface area (Å²) in [6, 6.07) is 3.80. The lowest BCUT2D eigenvalue weighted by Gasteiger charge is -2.13. The number of hydrogen-bond acceptors (Lipinski definition) is 4. The number of halogens is 1. The van der Waals surface area contributed by atoms with E-state index in [4.69, 9.17) is 17.3 Å². The number of sulfonamides is 1. The molecule has 1 atom stereocenters. The lowest BCUT2D eigenvalue weighted by molar-refractivity contribution is 0.561. The van der Waals surface area contributed by atoms with Crippen LogP contribution in [0.5, 0.6) is 0 Å². The monoisotopic (exact) mass is 300 g/mol. The van der Waals surface area contributed by atoms with E-state index in [1.54, 1.807) is 19.3 Å². The smallest absolute Gasteiger partial charge is 0.243 e. The molecule has 19 heavy (non-hydrogen) atoms. The van der Waals surface area contributed by atoms with E-state index in [9.17, 15) is 8.42 Å². The van der Waals surface area contributed by atoms with Gasteiger partial charge in [-0.05, 0) is 25.1 Å². The van der Waals surface area contributed by atoms with Crippen LogP contribution in [0.1, 0.15) is 18.8 Å². The Morgan fingerprint density at radius 2 is 2.21 bits per heavy atom. The Hall–Kier alpha value is -1.57. The molecule has 102 valence electrons. The molecule has 1 heterocycles. The van der Waals surface area contributed by atoms with Gasteiger partial charge in [0.15, 0.2) is 0 Å². The number of benzene rings is 1. The van der Waals surface area contributed by atoms with Gasteiger partial charge in [0, 0.05) is 17.4 Å². The number of H-pyrrole nitrogens is 1. The van der Waals surface area contributed by atoms with Gasteiger partial charge in [-0.15, -0.1) is 0 Å². The van der Waals surface area contributed by atoms with E-state index in [0.717, 1.165) is 0 Å². The minimum atomic E-state index is -3.76. The minimum absolute atomic E-state index is 0.0431. The van der Waals surface area contributed by atoms with Crippen molar-refractivity contribution in [1.29, 1.82) is 0 Å². The van der Waals surface area contributed by atoms with E-state index in [0.29, 0.717) is 10.8 Å². The van der Waals surface area contributed by atoms with Gasteiger partial charge in [0.2, 0.25) is 10.0 Å². The Morgan fingerprint density at radius 3 is 2.84 bits per heavy atom. The first-order valence-corrected chi connectivity index (χ1v) is 7.33. The largest absolute Gasteiger partial charge is 0.398 e. The molecule has 0 amide bonds. The summed E-state index contributed by atoms with van der Waals surface area (Å²) < 4.78 is 26.9. The number of nitrogen functional groups attached to an aromatic ring is 1. The third kappa shape index (κ3) is 3.06. The SMILES string of the molecule is CC(NS(=O)(=O)c1cc(Cl)ccc1N)c1ncc[nH]1. The van der Waals surface area contributed by atoms with Crippen molar-refractivity contribution in [2.24, 2.45) is 0 Å². The number of hydrogen-bond donors (Lipinski definition) is 3. The van der Waals surface area contributed by atoms with Crippen LogP contribution in [0.4, 0.5) is 5.69 Å². The molecular formula is C11H13ClN4O2S. The van der Waals surface area contributed by atoms with Crippen LogP contribution >= 0.6 is 11.6 Å². The van der Waals surface area contributed by atoms with Gasteiger partial charge < -0.3 is 10.7 Å². The van der Waals surface area contributed by atoms with Crippen molar-refractivity contribution in [3.63, 3.8) is 0 Å². The normalized spacial score (nSPS) is 13.4. The van der Waals surface area contributed by atoms with Crippen molar-refractivity contribution in [3.05, 3.63) is 41.4 Å². The number of nitrogens with zero attached hydrogens (tertiary/aromatic N) is 1. The molecule has 0 saturated carbocycles. The first-order chi connectivity index (χ1) is 8.90. The van der Waals surface area contributed by atoms with E-state index in [1.807, 2.05) is 0 Å². The second-order valence-electron chi connectivity index (χ2n) is 4.00. The number of rotatable bonds is 4. The third-order valence-electron chi connectivity index (χ3n) is 2.53.